The average Bonchev–Trinajstić information content (AvgIpc) is 3.56. The highest BCUT2D eigenvalue weighted by Crippen LogP contribution is 2.34. The van der Waals surface area contributed by atoms with Crippen LogP contribution in [0.2, 0.25) is 6.04 Å². The molecular weight excluding hydrogens is 554 g/mol. The van der Waals surface area contributed by atoms with E-state index in [1.165, 1.54) is 21.8 Å². The summed E-state index contributed by atoms with van der Waals surface area (Å²) in [5.74, 6) is -0.00502. The van der Waals surface area contributed by atoms with Crippen molar-refractivity contribution >= 4 is 58.3 Å². The summed E-state index contributed by atoms with van der Waals surface area (Å²) in [5, 5.41) is 8.07. The Morgan fingerprint density at radius 1 is 0.674 bits per heavy atom. The minimum atomic E-state index is -2.80. The zero-order chi connectivity index (χ0) is 29.8. The molecule has 0 saturated carbocycles. The van der Waals surface area contributed by atoms with Gasteiger partial charge >= 0.3 is 8.80 Å². The van der Waals surface area contributed by atoms with Gasteiger partial charge in [0, 0.05) is 84.1 Å². The fourth-order valence-electron chi connectivity index (χ4n) is 6.53. The summed E-state index contributed by atoms with van der Waals surface area (Å²) >= 11 is 0. The van der Waals surface area contributed by atoms with Gasteiger partial charge in [-0.15, -0.1) is 0 Å². The van der Waals surface area contributed by atoms with Gasteiger partial charge in [0.15, 0.2) is 0 Å². The van der Waals surface area contributed by atoms with Gasteiger partial charge in [-0.2, -0.15) is 0 Å². The van der Waals surface area contributed by atoms with E-state index in [4.69, 9.17) is 13.3 Å². The Morgan fingerprint density at radius 2 is 1.12 bits per heavy atom. The van der Waals surface area contributed by atoms with Crippen LogP contribution in [0.1, 0.15) is 25.3 Å². The van der Waals surface area contributed by atoms with Crippen LogP contribution in [-0.2, 0) is 24.6 Å². The number of benzene rings is 4. The van der Waals surface area contributed by atoms with Crippen molar-refractivity contribution in [3.63, 3.8) is 0 Å². The molecule has 0 saturated heterocycles. The molecule has 0 aliphatic rings. The Labute approximate surface area is 253 Å². The van der Waals surface area contributed by atoms with Crippen LogP contribution >= 0.6 is 0 Å². The Kier molecular flexibility index (Phi) is 8.62. The molecule has 1 atom stereocenters. The van der Waals surface area contributed by atoms with E-state index >= 15 is 0 Å². The smallest absolute Gasteiger partial charge is 0.377 e. The lowest BCUT2D eigenvalue weighted by atomic mass is 10.1. The summed E-state index contributed by atoms with van der Waals surface area (Å²) < 4.78 is 21.4. The van der Waals surface area contributed by atoms with Crippen molar-refractivity contribution in [3.8, 4) is 0 Å². The first-order valence-corrected chi connectivity index (χ1v) is 16.9. The first kappa shape index (κ1) is 29.1. The second kappa shape index (κ2) is 12.7. The minimum Gasteiger partial charge on any atom is -0.377 e. The molecule has 0 aliphatic heterocycles. The van der Waals surface area contributed by atoms with Gasteiger partial charge in [-0.1, -0.05) is 72.8 Å². The quantitative estimate of drug-likeness (QED) is 0.113. The number of hydrogen-bond acceptors (Lipinski definition) is 4. The molecule has 6 rings (SSSR count). The van der Waals surface area contributed by atoms with E-state index in [9.17, 15) is 4.79 Å². The topological polar surface area (TPSA) is 66.7 Å². The van der Waals surface area contributed by atoms with Crippen LogP contribution in [0.5, 0.6) is 0 Å². The molecule has 222 valence electrons. The molecule has 0 fully saturated rings. The van der Waals surface area contributed by atoms with Gasteiger partial charge in [-0.05, 0) is 43.5 Å². The molecule has 2 aromatic heterocycles. The van der Waals surface area contributed by atoms with E-state index in [1.54, 1.807) is 21.3 Å². The lowest BCUT2D eigenvalue weighted by Gasteiger charge is -2.25. The summed E-state index contributed by atoms with van der Waals surface area (Å²) in [6.45, 7) is 1.30. The largest absolute Gasteiger partial charge is 0.501 e. The number of fused-ring (bicyclic) bond motifs is 6. The van der Waals surface area contributed by atoms with Crippen molar-refractivity contribution in [3.05, 3.63) is 97.1 Å². The molecule has 0 bridgehead atoms. The van der Waals surface area contributed by atoms with Crippen molar-refractivity contribution in [2.45, 2.75) is 37.9 Å². The number of aromatic nitrogens is 2. The maximum Gasteiger partial charge on any atom is 0.501 e. The van der Waals surface area contributed by atoms with Crippen LogP contribution in [0, 0.1) is 0 Å². The van der Waals surface area contributed by atoms with Gasteiger partial charge in [-0.25, -0.2) is 0 Å². The fraction of sp³-hybridized carbons (Fsp3) is 0.286. The molecule has 0 radical (unpaired) electrons. The lowest BCUT2D eigenvalue weighted by Crippen LogP contribution is -2.46. The molecule has 43 heavy (non-hydrogen) atoms. The number of carbonyl (C=O) groups excluding carboxylic acids is 1. The highest BCUT2D eigenvalue weighted by molar-refractivity contribution is 6.60. The monoisotopic (exact) mass is 593 g/mol. The van der Waals surface area contributed by atoms with E-state index in [2.05, 4.69) is 99.4 Å². The average molecular weight is 594 g/mol. The number of nitrogens with one attached hydrogen (secondary N) is 1. The van der Waals surface area contributed by atoms with Crippen molar-refractivity contribution in [1.82, 2.24) is 14.5 Å². The van der Waals surface area contributed by atoms with E-state index in [-0.39, 0.29) is 11.9 Å². The SMILES string of the molecule is CO[Si](CCNC(=O)[C@H](CCCCn1c2ccccc2c2ccccc21)n1c2ccccc2c2ccccc21)(OC)OC. The molecule has 1 N–H and O–H groups in total. The zero-order valence-electron chi connectivity index (χ0n) is 25.1. The van der Waals surface area contributed by atoms with Crippen molar-refractivity contribution in [2.75, 3.05) is 27.9 Å². The molecule has 0 unspecified atom stereocenters. The Balaban J connectivity index is 1.27. The second-order valence-electron chi connectivity index (χ2n) is 10.9. The zero-order valence-corrected chi connectivity index (χ0v) is 26.1. The van der Waals surface area contributed by atoms with E-state index in [0.29, 0.717) is 19.0 Å². The number of hydrogen-bond donors (Lipinski definition) is 1. The predicted octanol–water partition coefficient (Wildman–Crippen LogP) is 7.31. The van der Waals surface area contributed by atoms with Crippen LogP contribution in [0.25, 0.3) is 43.6 Å². The standard InChI is InChI=1S/C35H39N3O4Si/c1-40-43(41-2,42-3)25-23-36-35(39)34(38-32-20-10-6-16-28(32)29-17-7-11-21-33(29)38)22-12-13-24-37-30-18-8-4-14-26(30)27-15-5-9-19-31(27)37/h4-11,14-21,34H,12-13,22-25H2,1-3H3,(H,36,39)/t34-/m0/s1. The number of rotatable bonds is 13. The van der Waals surface area contributed by atoms with Gasteiger partial charge in [0.05, 0.1) is 0 Å². The van der Waals surface area contributed by atoms with E-state index in [0.717, 1.165) is 41.2 Å². The molecule has 4 aromatic carbocycles. The first-order chi connectivity index (χ1) is 21.1. The van der Waals surface area contributed by atoms with Crippen molar-refractivity contribution < 1.29 is 18.1 Å². The van der Waals surface area contributed by atoms with Crippen molar-refractivity contribution in [1.29, 1.82) is 0 Å². The van der Waals surface area contributed by atoms with Gasteiger partial charge in [-0.3, -0.25) is 4.79 Å². The Bertz CT molecular complexity index is 1760. The third-order valence-corrected chi connectivity index (χ3v) is 11.4. The second-order valence-corrected chi connectivity index (χ2v) is 14.0. The maximum absolute atomic E-state index is 14.0. The molecule has 0 aliphatic carbocycles. The van der Waals surface area contributed by atoms with Crippen LogP contribution < -0.4 is 5.32 Å². The number of unbranched alkanes of at least 4 members (excludes halogenated alkanes) is 1. The first-order valence-electron chi connectivity index (χ1n) is 15.0. The normalized spacial score (nSPS) is 12.9. The summed E-state index contributed by atoms with van der Waals surface area (Å²) in [6, 6.07) is 34.1. The van der Waals surface area contributed by atoms with Gasteiger partial charge in [0.25, 0.3) is 0 Å². The maximum atomic E-state index is 14.0. The number of carbonyl (C=O) groups is 1. The summed E-state index contributed by atoms with van der Waals surface area (Å²) in [4.78, 5) is 14.0. The van der Waals surface area contributed by atoms with Crippen LogP contribution in [-0.4, -0.2) is 51.7 Å². The molecule has 0 spiro atoms. The molecule has 2 heterocycles. The highest BCUT2D eigenvalue weighted by atomic mass is 28.4. The van der Waals surface area contributed by atoms with Crippen molar-refractivity contribution in [2.24, 2.45) is 0 Å². The predicted molar refractivity (Wildman–Crippen MR) is 176 cm³/mol. The summed E-state index contributed by atoms with van der Waals surface area (Å²) in [6.07, 6.45) is 2.57. The van der Waals surface area contributed by atoms with Gasteiger partial charge in [0.2, 0.25) is 5.91 Å². The minimum absolute atomic E-state index is 0.00502. The van der Waals surface area contributed by atoms with E-state index in [1.807, 2.05) is 12.1 Å². The van der Waals surface area contributed by atoms with E-state index < -0.39 is 8.80 Å². The third kappa shape index (κ3) is 5.47. The lowest BCUT2D eigenvalue weighted by molar-refractivity contribution is -0.124. The Morgan fingerprint density at radius 3 is 1.60 bits per heavy atom. The molecule has 7 nitrogen and oxygen atoms in total. The van der Waals surface area contributed by atoms with Crippen LogP contribution in [0.4, 0.5) is 0 Å². The number of nitrogens with zero attached hydrogens (tertiary/aromatic N) is 2. The summed E-state index contributed by atoms with van der Waals surface area (Å²) in [7, 11) is 1.98. The number of para-hydroxylation sites is 4. The van der Waals surface area contributed by atoms with Gasteiger partial charge < -0.3 is 27.7 Å². The molecule has 8 heteroatoms. The Hall–Kier alpha value is -3.95. The fourth-order valence-corrected chi connectivity index (χ4v) is 8.07. The molecule has 6 aromatic rings. The third-order valence-electron chi connectivity index (χ3n) is 8.68. The van der Waals surface area contributed by atoms with Crippen LogP contribution in [0.15, 0.2) is 97.1 Å². The van der Waals surface area contributed by atoms with Gasteiger partial charge in [0.1, 0.15) is 6.04 Å². The molecule has 1 amide bonds. The number of amides is 1. The molecular formula is C35H39N3O4Si. The highest BCUT2D eigenvalue weighted by Gasteiger charge is 2.37. The number of aryl methyl sites for hydroxylation is 1. The van der Waals surface area contributed by atoms with Crippen LogP contribution in [0.3, 0.4) is 0 Å². The summed E-state index contributed by atoms with van der Waals surface area (Å²) in [5.41, 5.74) is 4.64.